The van der Waals surface area contributed by atoms with E-state index in [0.29, 0.717) is 12.3 Å². The third-order valence-corrected chi connectivity index (χ3v) is 4.18. The number of rotatable bonds is 8. The van der Waals surface area contributed by atoms with Crippen LogP contribution in [0.1, 0.15) is 18.1 Å². The Morgan fingerprint density at radius 1 is 0.852 bits per heavy atom. The van der Waals surface area contributed by atoms with Gasteiger partial charge in [-0.15, -0.1) is 0 Å². The van der Waals surface area contributed by atoms with Gasteiger partial charge in [0.15, 0.2) is 6.61 Å². The average molecular weight is 360 g/mol. The lowest BCUT2D eigenvalue weighted by atomic mass is 10.1. The van der Waals surface area contributed by atoms with Crippen molar-refractivity contribution in [2.75, 3.05) is 17.2 Å². The number of amides is 1. The molecule has 4 nitrogen and oxygen atoms in total. The van der Waals surface area contributed by atoms with Crippen molar-refractivity contribution in [2.45, 2.75) is 19.9 Å². The van der Waals surface area contributed by atoms with E-state index >= 15 is 0 Å². The molecule has 0 fully saturated rings. The van der Waals surface area contributed by atoms with Gasteiger partial charge < -0.3 is 15.4 Å². The van der Waals surface area contributed by atoms with Crippen LogP contribution in [0.3, 0.4) is 0 Å². The van der Waals surface area contributed by atoms with E-state index in [-0.39, 0.29) is 12.5 Å². The lowest BCUT2D eigenvalue weighted by Crippen LogP contribution is -2.20. The zero-order chi connectivity index (χ0) is 18.9. The van der Waals surface area contributed by atoms with Gasteiger partial charge in [0.05, 0.1) is 0 Å². The summed E-state index contributed by atoms with van der Waals surface area (Å²) in [6, 6.07) is 25.6. The largest absolute Gasteiger partial charge is 0.484 e. The van der Waals surface area contributed by atoms with E-state index in [1.54, 1.807) is 0 Å². The van der Waals surface area contributed by atoms with Crippen molar-refractivity contribution in [3.05, 3.63) is 90.0 Å². The predicted molar refractivity (Wildman–Crippen MR) is 110 cm³/mol. The summed E-state index contributed by atoms with van der Waals surface area (Å²) in [5, 5.41) is 6.21. The number of benzene rings is 3. The second-order valence-electron chi connectivity index (χ2n) is 6.25. The highest BCUT2D eigenvalue weighted by Crippen LogP contribution is 2.16. The summed E-state index contributed by atoms with van der Waals surface area (Å²) in [7, 11) is 0. The molecule has 2 N–H and O–H groups in total. The Morgan fingerprint density at radius 3 is 2.37 bits per heavy atom. The van der Waals surface area contributed by atoms with Gasteiger partial charge >= 0.3 is 0 Å². The Labute approximate surface area is 160 Å². The molecule has 0 bridgehead atoms. The summed E-state index contributed by atoms with van der Waals surface area (Å²) in [5.41, 5.74) is 4.26. The first-order valence-corrected chi connectivity index (χ1v) is 9.12. The smallest absolute Gasteiger partial charge is 0.262 e. The van der Waals surface area contributed by atoms with Crippen LogP contribution in [0.25, 0.3) is 0 Å². The van der Waals surface area contributed by atoms with E-state index < -0.39 is 0 Å². The Bertz CT molecular complexity index is 861. The minimum absolute atomic E-state index is 0.0236. The molecule has 4 heteroatoms. The highest BCUT2D eigenvalue weighted by atomic mass is 16.5. The Kier molecular flexibility index (Phi) is 6.47. The summed E-state index contributed by atoms with van der Waals surface area (Å²) >= 11 is 0. The molecule has 3 aromatic carbocycles. The van der Waals surface area contributed by atoms with Crippen LogP contribution in [0.4, 0.5) is 11.4 Å². The maximum atomic E-state index is 12.0. The molecule has 0 saturated carbocycles. The van der Waals surface area contributed by atoms with Gasteiger partial charge in [-0.3, -0.25) is 4.79 Å². The number of hydrogen-bond acceptors (Lipinski definition) is 3. The highest BCUT2D eigenvalue weighted by molar-refractivity contribution is 5.91. The lowest BCUT2D eigenvalue weighted by Gasteiger charge is -2.10. The quantitative estimate of drug-likeness (QED) is 0.602. The standard InChI is InChI=1S/C23H24N2O2/c1-2-18-11-13-20(14-12-18)24-16-19-7-6-10-22(15-19)27-17-23(26)25-21-8-4-3-5-9-21/h3-15,24H,2,16-17H2,1H3,(H,25,26). The molecule has 0 radical (unpaired) electrons. The van der Waals surface area contributed by atoms with Crippen LogP contribution in [0.5, 0.6) is 5.75 Å². The van der Waals surface area contributed by atoms with Crippen molar-refractivity contribution in [3.8, 4) is 5.75 Å². The Hall–Kier alpha value is -3.27. The molecule has 138 valence electrons. The van der Waals surface area contributed by atoms with Gasteiger partial charge in [-0.2, -0.15) is 0 Å². The van der Waals surface area contributed by atoms with Crippen LogP contribution < -0.4 is 15.4 Å². The van der Waals surface area contributed by atoms with Gasteiger partial charge in [0.1, 0.15) is 5.75 Å². The molecule has 0 heterocycles. The molecular formula is C23H24N2O2. The number of nitrogens with one attached hydrogen (secondary N) is 2. The molecule has 27 heavy (non-hydrogen) atoms. The number of anilines is 2. The molecule has 0 aliphatic carbocycles. The summed E-state index contributed by atoms with van der Waals surface area (Å²) in [6.45, 7) is 2.82. The average Bonchev–Trinajstić information content (AvgIpc) is 2.72. The minimum atomic E-state index is -0.180. The third kappa shape index (κ3) is 5.89. The van der Waals surface area contributed by atoms with E-state index in [4.69, 9.17) is 4.74 Å². The summed E-state index contributed by atoms with van der Waals surface area (Å²) < 4.78 is 5.62. The fourth-order valence-electron chi connectivity index (χ4n) is 2.68. The number of carbonyl (C=O) groups is 1. The van der Waals surface area contributed by atoms with Crippen molar-refractivity contribution in [2.24, 2.45) is 0 Å². The van der Waals surface area contributed by atoms with E-state index in [2.05, 4.69) is 41.8 Å². The number of ether oxygens (including phenoxy) is 1. The molecule has 0 unspecified atom stereocenters. The van der Waals surface area contributed by atoms with Crippen LogP contribution >= 0.6 is 0 Å². The van der Waals surface area contributed by atoms with Crippen molar-refractivity contribution in [1.82, 2.24) is 0 Å². The Morgan fingerprint density at radius 2 is 1.63 bits per heavy atom. The fraction of sp³-hybridized carbons (Fsp3) is 0.174. The number of hydrogen-bond donors (Lipinski definition) is 2. The minimum Gasteiger partial charge on any atom is -0.484 e. The van der Waals surface area contributed by atoms with Gasteiger partial charge in [-0.1, -0.05) is 49.4 Å². The van der Waals surface area contributed by atoms with Gasteiger partial charge in [-0.05, 0) is 53.9 Å². The number of aryl methyl sites for hydroxylation is 1. The maximum Gasteiger partial charge on any atom is 0.262 e. The molecule has 0 aromatic heterocycles. The molecule has 0 aliphatic rings. The zero-order valence-electron chi connectivity index (χ0n) is 15.4. The zero-order valence-corrected chi connectivity index (χ0v) is 15.4. The van der Waals surface area contributed by atoms with Crippen molar-refractivity contribution in [3.63, 3.8) is 0 Å². The third-order valence-electron chi connectivity index (χ3n) is 4.18. The first-order valence-electron chi connectivity index (χ1n) is 9.12. The first-order chi connectivity index (χ1) is 13.2. The monoisotopic (exact) mass is 360 g/mol. The molecule has 0 saturated heterocycles. The number of para-hydroxylation sites is 1. The topological polar surface area (TPSA) is 50.4 Å². The van der Waals surface area contributed by atoms with E-state index in [0.717, 1.165) is 23.4 Å². The second-order valence-corrected chi connectivity index (χ2v) is 6.25. The van der Waals surface area contributed by atoms with Crippen molar-refractivity contribution in [1.29, 1.82) is 0 Å². The summed E-state index contributed by atoms with van der Waals surface area (Å²) in [6.07, 6.45) is 1.04. The van der Waals surface area contributed by atoms with Gasteiger partial charge in [0, 0.05) is 17.9 Å². The van der Waals surface area contributed by atoms with E-state index in [1.165, 1.54) is 5.56 Å². The Balaban J connectivity index is 1.50. The van der Waals surface area contributed by atoms with Crippen LogP contribution in [0.2, 0.25) is 0 Å². The van der Waals surface area contributed by atoms with E-state index in [9.17, 15) is 4.79 Å². The molecule has 3 aromatic rings. The molecule has 0 spiro atoms. The van der Waals surface area contributed by atoms with Gasteiger partial charge in [0.25, 0.3) is 5.91 Å². The van der Waals surface area contributed by atoms with Crippen LogP contribution in [0.15, 0.2) is 78.9 Å². The molecular weight excluding hydrogens is 336 g/mol. The predicted octanol–water partition coefficient (Wildman–Crippen LogP) is 4.88. The summed E-state index contributed by atoms with van der Waals surface area (Å²) in [4.78, 5) is 12.0. The van der Waals surface area contributed by atoms with Crippen molar-refractivity contribution >= 4 is 17.3 Å². The van der Waals surface area contributed by atoms with Crippen LogP contribution in [0, 0.1) is 0 Å². The SMILES string of the molecule is CCc1ccc(NCc2cccc(OCC(=O)Nc3ccccc3)c2)cc1. The molecule has 0 aliphatic heterocycles. The maximum absolute atomic E-state index is 12.0. The first kappa shape index (κ1) is 18.5. The second kappa shape index (κ2) is 9.43. The fourth-order valence-corrected chi connectivity index (χ4v) is 2.68. The highest BCUT2D eigenvalue weighted by Gasteiger charge is 2.04. The molecule has 1 amide bonds. The normalized spacial score (nSPS) is 10.3. The van der Waals surface area contributed by atoms with Gasteiger partial charge in [-0.25, -0.2) is 0 Å². The van der Waals surface area contributed by atoms with E-state index in [1.807, 2.05) is 54.6 Å². The van der Waals surface area contributed by atoms with Crippen LogP contribution in [-0.4, -0.2) is 12.5 Å². The van der Waals surface area contributed by atoms with Crippen LogP contribution in [-0.2, 0) is 17.8 Å². The van der Waals surface area contributed by atoms with Gasteiger partial charge in [0.2, 0.25) is 0 Å². The molecule has 3 rings (SSSR count). The van der Waals surface area contributed by atoms with Crippen molar-refractivity contribution < 1.29 is 9.53 Å². The number of carbonyl (C=O) groups excluding carboxylic acids is 1. The molecule has 0 atom stereocenters. The lowest BCUT2D eigenvalue weighted by molar-refractivity contribution is -0.118. The summed E-state index contributed by atoms with van der Waals surface area (Å²) in [5.74, 6) is 0.500.